The molecular formula is C37H43N3O7. The van der Waals surface area contributed by atoms with Crippen molar-refractivity contribution in [2.45, 2.75) is 77.9 Å². The number of piperidine rings is 1. The van der Waals surface area contributed by atoms with Crippen molar-refractivity contribution in [1.82, 2.24) is 9.88 Å². The van der Waals surface area contributed by atoms with Gasteiger partial charge in [-0.15, -0.1) is 0 Å². The van der Waals surface area contributed by atoms with Crippen molar-refractivity contribution < 1.29 is 33.4 Å². The Balaban J connectivity index is 1.58. The topological polar surface area (TPSA) is 132 Å². The van der Waals surface area contributed by atoms with E-state index in [-0.39, 0.29) is 12.3 Å². The molecule has 1 aliphatic rings. The van der Waals surface area contributed by atoms with Crippen LogP contribution in [0.3, 0.4) is 0 Å². The summed E-state index contributed by atoms with van der Waals surface area (Å²) in [6, 6.07) is 16.9. The van der Waals surface area contributed by atoms with Gasteiger partial charge in [0.2, 0.25) is 11.7 Å². The van der Waals surface area contributed by atoms with Gasteiger partial charge < -0.3 is 19.7 Å². The van der Waals surface area contributed by atoms with E-state index in [1.54, 1.807) is 62.5 Å². The summed E-state index contributed by atoms with van der Waals surface area (Å²) >= 11 is 0. The van der Waals surface area contributed by atoms with Gasteiger partial charge in [-0.2, -0.15) is 0 Å². The molecule has 248 valence electrons. The third-order valence-corrected chi connectivity index (χ3v) is 8.72. The van der Waals surface area contributed by atoms with Crippen LogP contribution in [0.15, 0.2) is 66.9 Å². The minimum absolute atomic E-state index is 0.0984. The molecular weight excluding hydrogens is 598 g/mol. The number of likely N-dealkylation sites (tertiary alicyclic amines) is 1. The van der Waals surface area contributed by atoms with E-state index in [0.29, 0.717) is 66.9 Å². The van der Waals surface area contributed by atoms with Crippen LogP contribution < -0.4 is 10.1 Å². The number of methoxy groups -OCH3 is 1. The number of benzene rings is 2. The second-order valence-corrected chi connectivity index (χ2v) is 12.4. The van der Waals surface area contributed by atoms with Crippen LogP contribution in [0.1, 0.15) is 86.2 Å². The number of nitrogens with one attached hydrogen (secondary N) is 1. The molecule has 2 heterocycles. The molecule has 4 rings (SSSR count). The van der Waals surface area contributed by atoms with Crippen molar-refractivity contribution in [3.05, 3.63) is 89.2 Å². The number of hydrogen-bond acceptors (Lipinski definition) is 8. The molecule has 10 nitrogen and oxygen atoms in total. The maximum absolute atomic E-state index is 13.8. The highest BCUT2D eigenvalue weighted by Crippen LogP contribution is 2.31. The minimum Gasteiger partial charge on any atom is -0.496 e. The molecule has 0 spiro atoms. The number of amides is 2. The molecule has 0 bridgehead atoms. The first-order valence-electron chi connectivity index (χ1n) is 16.0. The van der Waals surface area contributed by atoms with Crippen LogP contribution in [0, 0.1) is 5.41 Å². The summed E-state index contributed by atoms with van der Waals surface area (Å²) in [6.07, 6.45) is 4.85. The van der Waals surface area contributed by atoms with Gasteiger partial charge in [-0.05, 0) is 86.1 Å². The van der Waals surface area contributed by atoms with Crippen LogP contribution in [0.5, 0.6) is 5.75 Å². The zero-order valence-corrected chi connectivity index (χ0v) is 27.5. The first kappa shape index (κ1) is 35.0. The van der Waals surface area contributed by atoms with E-state index in [1.165, 1.54) is 12.0 Å². The fraction of sp³-hybridized carbons (Fsp3) is 0.405. The minimum atomic E-state index is -0.886. The number of aldehydes is 1. The highest BCUT2D eigenvalue weighted by molar-refractivity contribution is 6.38. The van der Waals surface area contributed by atoms with Gasteiger partial charge in [0.05, 0.1) is 19.1 Å². The predicted molar refractivity (Wildman–Crippen MR) is 177 cm³/mol. The Bertz CT molecular complexity index is 1590. The average molecular weight is 642 g/mol. The molecule has 1 saturated heterocycles. The van der Waals surface area contributed by atoms with E-state index in [9.17, 15) is 24.0 Å². The van der Waals surface area contributed by atoms with Crippen LogP contribution in [-0.4, -0.2) is 59.4 Å². The molecule has 0 unspecified atom stereocenters. The number of ether oxygens (including phenoxy) is 2. The van der Waals surface area contributed by atoms with Gasteiger partial charge in [0.25, 0.3) is 5.91 Å². The summed E-state index contributed by atoms with van der Waals surface area (Å²) < 4.78 is 11.5. The summed E-state index contributed by atoms with van der Waals surface area (Å²) in [5.41, 5.74) is 2.28. The van der Waals surface area contributed by atoms with Gasteiger partial charge in [-0.1, -0.05) is 45.0 Å². The monoisotopic (exact) mass is 641 g/mol. The Hall–Kier alpha value is -4.86. The molecule has 47 heavy (non-hydrogen) atoms. The van der Waals surface area contributed by atoms with Crippen molar-refractivity contribution in [2.75, 3.05) is 19.0 Å². The number of aryl methyl sites for hydroxylation is 1. The Morgan fingerprint density at radius 1 is 1.06 bits per heavy atom. The van der Waals surface area contributed by atoms with Gasteiger partial charge >= 0.3 is 5.97 Å². The lowest BCUT2D eigenvalue weighted by molar-refractivity contribution is -0.164. The molecule has 0 radical (unpaired) electrons. The van der Waals surface area contributed by atoms with Crippen LogP contribution in [0.4, 0.5) is 5.69 Å². The third-order valence-electron chi connectivity index (χ3n) is 8.72. The fourth-order valence-electron chi connectivity index (χ4n) is 5.51. The zero-order valence-electron chi connectivity index (χ0n) is 27.5. The van der Waals surface area contributed by atoms with E-state index >= 15 is 0 Å². The molecule has 0 aliphatic carbocycles. The van der Waals surface area contributed by atoms with Crippen molar-refractivity contribution in [2.24, 2.45) is 5.41 Å². The number of carbonyl (C=O) groups is 5. The second kappa shape index (κ2) is 16.1. The number of carbonyl (C=O) groups excluding carboxylic acids is 5. The standard InChI is InChI=1S/C37H43N3O7/c1-5-37(2,3)34(43)35(44)40-20-9-7-14-30(40)36(45)47-31(18-16-25-15-17-27(24-41)32(21-25)46-4)26-11-10-13-29(22-26)39-33(42)23-28-12-6-8-19-38-28/h6,8,10-13,15,17,19,21-22,24,30-31H,5,7,9,14,16,18,20,23H2,1-4H3,(H,39,42)/t30-,31+/m0/s1. The Labute approximate surface area is 275 Å². The van der Waals surface area contributed by atoms with Crippen LogP contribution in [0.25, 0.3) is 0 Å². The highest BCUT2D eigenvalue weighted by Gasteiger charge is 2.41. The number of rotatable bonds is 14. The van der Waals surface area contributed by atoms with Crippen molar-refractivity contribution >= 4 is 35.5 Å². The fourth-order valence-corrected chi connectivity index (χ4v) is 5.51. The van der Waals surface area contributed by atoms with Gasteiger partial charge in [0, 0.05) is 29.5 Å². The first-order valence-corrected chi connectivity index (χ1v) is 16.0. The number of ketones is 1. The molecule has 2 amide bonds. The molecule has 3 aromatic rings. The smallest absolute Gasteiger partial charge is 0.329 e. The molecule has 2 atom stereocenters. The Morgan fingerprint density at radius 3 is 2.57 bits per heavy atom. The highest BCUT2D eigenvalue weighted by atomic mass is 16.5. The number of anilines is 1. The second-order valence-electron chi connectivity index (χ2n) is 12.4. The summed E-state index contributed by atoms with van der Waals surface area (Å²) in [7, 11) is 1.49. The normalized spacial score (nSPS) is 15.3. The molecule has 2 aromatic carbocycles. The lowest BCUT2D eigenvalue weighted by Crippen LogP contribution is -2.53. The number of Topliss-reactive ketones (excluding diaryl/α,β-unsaturated/α-hetero) is 1. The predicted octanol–water partition coefficient (Wildman–Crippen LogP) is 5.69. The van der Waals surface area contributed by atoms with Crippen molar-refractivity contribution in [3.8, 4) is 5.75 Å². The molecule has 1 fully saturated rings. The van der Waals surface area contributed by atoms with Crippen molar-refractivity contribution in [1.29, 1.82) is 0 Å². The summed E-state index contributed by atoms with van der Waals surface area (Å²) in [5.74, 6) is -1.55. The summed E-state index contributed by atoms with van der Waals surface area (Å²) in [4.78, 5) is 70.1. The van der Waals surface area contributed by atoms with Gasteiger partial charge in [0.1, 0.15) is 17.9 Å². The van der Waals surface area contributed by atoms with E-state index in [2.05, 4.69) is 10.3 Å². The number of esters is 1. The molecule has 10 heteroatoms. The van der Waals surface area contributed by atoms with Crippen LogP contribution in [-0.2, 0) is 36.8 Å². The Kier molecular flexibility index (Phi) is 12.0. The maximum atomic E-state index is 13.8. The van der Waals surface area contributed by atoms with Gasteiger partial charge in [0.15, 0.2) is 6.29 Å². The van der Waals surface area contributed by atoms with Crippen molar-refractivity contribution in [3.63, 3.8) is 0 Å². The largest absolute Gasteiger partial charge is 0.496 e. The van der Waals surface area contributed by atoms with E-state index in [0.717, 1.165) is 18.3 Å². The van der Waals surface area contributed by atoms with E-state index < -0.39 is 35.2 Å². The number of hydrogen-bond donors (Lipinski definition) is 1. The SMILES string of the molecule is CCC(C)(C)C(=O)C(=O)N1CCCC[C@H]1C(=O)O[C@H](CCc1ccc(C=O)c(OC)c1)c1cccc(NC(=O)Cc2ccccn2)c1. The van der Waals surface area contributed by atoms with Gasteiger partial charge in [-0.25, -0.2) is 4.79 Å². The van der Waals surface area contributed by atoms with E-state index in [4.69, 9.17) is 9.47 Å². The first-order chi connectivity index (χ1) is 22.6. The zero-order chi connectivity index (χ0) is 34.0. The lowest BCUT2D eigenvalue weighted by Gasteiger charge is -2.36. The van der Waals surface area contributed by atoms with Crippen LogP contribution >= 0.6 is 0 Å². The number of pyridine rings is 1. The molecule has 1 aliphatic heterocycles. The quantitative estimate of drug-likeness (QED) is 0.135. The van der Waals surface area contributed by atoms with E-state index in [1.807, 2.05) is 25.1 Å². The molecule has 1 N–H and O–H groups in total. The Morgan fingerprint density at radius 2 is 1.87 bits per heavy atom. The third kappa shape index (κ3) is 9.12. The average Bonchev–Trinajstić information content (AvgIpc) is 3.09. The lowest BCUT2D eigenvalue weighted by atomic mass is 9.84. The number of aromatic nitrogens is 1. The number of nitrogens with zero attached hydrogens (tertiary/aromatic N) is 2. The molecule has 0 saturated carbocycles. The van der Waals surface area contributed by atoms with Crippen LogP contribution in [0.2, 0.25) is 0 Å². The maximum Gasteiger partial charge on any atom is 0.329 e. The molecule has 1 aromatic heterocycles. The van der Waals surface area contributed by atoms with Gasteiger partial charge in [-0.3, -0.25) is 24.2 Å². The summed E-state index contributed by atoms with van der Waals surface area (Å²) in [6.45, 7) is 5.63. The summed E-state index contributed by atoms with van der Waals surface area (Å²) in [5, 5.41) is 2.90.